The first-order valence-corrected chi connectivity index (χ1v) is 10.4. The quantitative estimate of drug-likeness (QED) is 0.675. The molecule has 1 aliphatic heterocycles. The SMILES string of the molecule is O=C(NCCN1CCN(c2ccc(F)cc2)CC1)c1ccc(-c2ccccc2)cc1. The van der Waals surface area contributed by atoms with Gasteiger partial charge in [0.2, 0.25) is 0 Å². The number of amides is 1. The van der Waals surface area contributed by atoms with Crippen LogP contribution >= 0.6 is 0 Å². The van der Waals surface area contributed by atoms with Gasteiger partial charge in [0.05, 0.1) is 0 Å². The molecule has 1 aliphatic rings. The highest BCUT2D eigenvalue weighted by molar-refractivity contribution is 5.94. The maximum atomic E-state index is 13.1. The van der Waals surface area contributed by atoms with Crippen LogP contribution in [0.1, 0.15) is 10.4 Å². The molecule has 0 unspecified atom stereocenters. The van der Waals surface area contributed by atoms with E-state index in [0.717, 1.165) is 49.5 Å². The first-order chi connectivity index (χ1) is 14.7. The second-order valence-corrected chi connectivity index (χ2v) is 7.50. The number of nitrogens with zero attached hydrogens (tertiary/aromatic N) is 2. The molecule has 1 fully saturated rings. The number of hydrogen-bond acceptors (Lipinski definition) is 3. The molecule has 0 atom stereocenters. The van der Waals surface area contributed by atoms with Gasteiger partial charge in [0.1, 0.15) is 5.82 Å². The summed E-state index contributed by atoms with van der Waals surface area (Å²) in [5.41, 5.74) is 3.98. The van der Waals surface area contributed by atoms with E-state index in [4.69, 9.17) is 0 Å². The number of hydrogen-bond donors (Lipinski definition) is 1. The molecule has 0 saturated carbocycles. The fraction of sp³-hybridized carbons (Fsp3) is 0.240. The number of carbonyl (C=O) groups is 1. The van der Waals surface area contributed by atoms with E-state index in [0.29, 0.717) is 12.1 Å². The summed E-state index contributed by atoms with van der Waals surface area (Å²) in [4.78, 5) is 17.0. The fourth-order valence-corrected chi connectivity index (χ4v) is 3.76. The van der Waals surface area contributed by atoms with E-state index in [1.54, 1.807) is 0 Å². The van der Waals surface area contributed by atoms with Crippen molar-refractivity contribution in [3.05, 3.63) is 90.2 Å². The standard InChI is InChI=1S/C25H26FN3O/c26-23-10-12-24(13-11-23)29-18-16-28(17-19-29)15-14-27-25(30)22-8-6-21(7-9-22)20-4-2-1-3-5-20/h1-13H,14-19H2,(H,27,30). The van der Waals surface area contributed by atoms with Gasteiger partial charge in [0.25, 0.3) is 5.91 Å². The van der Waals surface area contributed by atoms with Crippen LogP contribution in [0.4, 0.5) is 10.1 Å². The van der Waals surface area contributed by atoms with Crippen LogP contribution in [0.2, 0.25) is 0 Å². The lowest BCUT2D eigenvalue weighted by atomic mass is 10.0. The third-order valence-corrected chi connectivity index (χ3v) is 5.53. The maximum Gasteiger partial charge on any atom is 0.251 e. The third-order valence-electron chi connectivity index (χ3n) is 5.53. The third kappa shape index (κ3) is 5.05. The molecule has 0 spiro atoms. The summed E-state index contributed by atoms with van der Waals surface area (Å²) in [6.07, 6.45) is 0. The highest BCUT2D eigenvalue weighted by Crippen LogP contribution is 2.19. The molecule has 0 radical (unpaired) electrons. The molecule has 3 aromatic carbocycles. The molecule has 4 nitrogen and oxygen atoms in total. The van der Waals surface area contributed by atoms with Crippen LogP contribution in [0.25, 0.3) is 11.1 Å². The van der Waals surface area contributed by atoms with Crippen molar-refractivity contribution in [3.8, 4) is 11.1 Å². The Morgan fingerprint density at radius 1 is 0.800 bits per heavy atom. The van der Waals surface area contributed by atoms with Gasteiger partial charge in [-0.1, -0.05) is 42.5 Å². The highest BCUT2D eigenvalue weighted by Gasteiger charge is 2.17. The van der Waals surface area contributed by atoms with Crippen molar-refractivity contribution in [1.29, 1.82) is 0 Å². The second kappa shape index (κ2) is 9.55. The van der Waals surface area contributed by atoms with Gasteiger partial charge >= 0.3 is 0 Å². The van der Waals surface area contributed by atoms with Crippen LogP contribution in [0.3, 0.4) is 0 Å². The normalized spacial score (nSPS) is 14.5. The first kappa shape index (κ1) is 20.1. The van der Waals surface area contributed by atoms with Gasteiger partial charge in [0, 0.05) is 50.5 Å². The average molecular weight is 404 g/mol. The molecule has 1 N–H and O–H groups in total. The molecule has 1 saturated heterocycles. The van der Waals surface area contributed by atoms with Gasteiger partial charge in [0.15, 0.2) is 0 Å². The number of halogens is 1. The van der Waals surface area contributed by atoms with Crippen molar-refractivity contribution >= 4 is 11.6 Å². The lowest BCUT2D eigenvalue weighted by Gasteiger charge is -2.36. The fourth-order valence-electron chi connectivity index (χ4n) is 3.76. The summed E-state index contributed by atoms with van der Waals surface area (Å²) < 4.78 is 13.1. The van der Waals surface area contributed by atoms with Crippen LogP contribution in [-0.4, -0.2) is 50.1 Å². The molecule has 3 aromatic rings. The largest absolute Gasteiger partial charge is 0.369 e. The summed E-state index contributed by atoms with van der Waals surface area (Å²) in [5, 5.41) is 3.02. The first-order valence-electron chi connectivity index (χ1n) is 10.4. The van der Waals surface area contributed by atoms with Gasteiger partial charge in [-0.2, -0.15) is 0 Å². The van der Waals surface area contributed by atoms with Crippen molar-refractivity contribution in [2.45, 2.75) is 0 Å². The predicted octanol–water partition coefficient (Wildman–Crippen LogP) is 4.04. The minimum atomic E-state index is -0.206. The second-order valence-electron chi connectivity index (χ2n) is 7.50. The zero-order chi connectivity index (χ0) is 20.8. The molecule has 1 heterocycles. The molecule has 0 aromatic heterocycles. The lowest BCUT2D eigenvalue weighted by Crippen LogP contribution is -2.48. The molecular weight excluding hydrogens is 377 g/mol. The minimum Gasteiger partial charge on any atom is -0.369 e. The Bertz CT molecular complexity index is 950. The Hall–Kier alpha value is -3.18. The van der Waals surface area contributed by atoms with Crippen molar-refractivity contribution in [2.24, 2.45) is 0 Å². The monoisotopic (exact) mass is 403 g/mol. The van der Waals surface area contributed by atoms with Gasteiger partial charge in [-0.3, -0.25) is 9.69 Å². The van der Waals surface area contributed by atoms with Crippen LogP contribution in [-0.2, 0) is 0 Å². The van der Waals surface area contributed by atoms with E-state index in [1.165, 1.54) is 12.1 Å². The number of piperazine rings is 1. The number of anilines is 1. The Kier molecular flexibility index (Phi) is 6.40. The van der Waals surface area contributed by atoms with Crippen LogP contribution in [0, 0.1) is 5.82 Å². The summed E-state index contributed by atoms with van der Waals surface area (Å²) in [7, 11) is 0. The molecular formula is C25H26FN3O. The highest BCUT2D eigenvalue weighted by atomic mass is 19.1. The van der Waals surface area contributed by atoms with E-state index in [1.807, 2.05) is 54.6 Å². The zero-order valence-corrected chi connectivity index (χ0v) is 16.9. The minimum absolute atomic E-state index is 0.0421. The average Bonchev–Trinajstić information content (AvgIpc) is 2.81. The molecule has 0 bridgehead atoms. The molecule has 5 heteroatoms. The summed E-state index contributed by atoms with van der Waals surface area (Å²) in [6.45, 7) is 5.11. The van der Waals surface area contributed by atoms with Crippen LogP contribution in [0.5, 0.6) is 0 Å². The molecule has 154 valence electrons. The number of nitrogens with one attached hydrogen (secondary N) is 1. The Morgan fingerprint density at radius 3 is 2.10 bits per heavy atom. The lowest BCUT2D eigenvalue weighted by molar-refractivity contribution is 0.0948. The molecule has 0 aliphatic carbocycles. The molecule has 1 amide bonds. The number of benzene rings is 3. The van der Waals surface area contributed by atoms with Crippen molar-refractivity contribution < 1.29 is 9.18 Å². The summed E-state index contributed by atoms with van der Waals surface area (Å²) in [6, 6.07) is 24.5. The Morgan fingerprint density at radius 2 is 1.43 bits per heavy atom. The van der Waals surface area contributed by atoms with E-state index in [-0.39, 0.29) is 11.7 Å². The van der Waals surface area contributed by atoms with Crippen LogP contribution < -0.4 is 10.2 Å². The number of carbonyl (C=O) groups excluding carboxylic acids is 1. The van der Waals surface area contributed by atoms with E-state index < -0.39 is 0 Å². The predicted molar refractivity (Wildman–Crippen MR) is 119 cm³/mol. The van der Waals surface area contributed by atoms with Gasteiger partial charge < -0.3 is 10.2 Å². The van der Waals surface area contributed by atoms with E-state index >= 15 is 0 Å². The molecule has 4 rings (SSSR count). The topological polar surface area (TPSA) is 35.6 Å². The van der Waals surface area contributed by atoms with Gasteiger partial charge in [-0.25, -0.2) is 4.39 Å². The zero-order valence-electron chi connectivity index (χ0n) is 16.9. The summed E-state index contributed by atoms with van der Waals surface area (Å²) in [5.74, 6) is -0.248. The van der Waals surface area contributed by atoms with Crippen molar-refractivity contribution in [1.82, 2.24) is 10.2 Å². The van der Waals surface area contributed by atoms with Crippen molar-refractivity contribution in [2.75, 3.05) is 44.2 Å². The van der Waals surface area contributed by atoms with Gasteiger partial charge in [-0.15, -0.1) is 0 Å². The van der Waals surface area contributed by atoms with Gasteiger partial charge in [-0.05, 0) is 47.5 Å². The van der Waals surface area contributed by atoms with E-state index in [9.17, 15) is 9.18 Å². The Labute approximate surface area is 176 Å². The summed E-state index contributed by atoms with van der Waals surface area (Å²) >= 11 is 0. The van der Waals surface area contributed by atoms with Crippen molar-refractivity contribution in [3.63, 3.8) is 0 Å². The maximum absolute atomic E-state index is 13.1. The smallest absolute Gasteiger partial charge is 0.251 e. The van der Waals surface area contributed by atoms with E-state index in [2.05, 4.69) is 27.2 Å². The Balaban J connectivity index is 1.21. The number of rotatable bonds is 6. The van der Waals surface area contributed by atoms with Crippen LogP contribution in [0.15, 0.2) is 78.9 Å². The molecule has 30 heavy (non-hydrogen) atoms.